The molecule has 0 heterocycles. The molecule has 4 heteroatoms. The molecule has 1 aliphatic rings. The average Bonchev–Trinajstić information content (AvgIpc) is 3.25. The first-order chi connectivity index (χ1) is 9.72. The normalized spacial score (nSPS) is 14.5. The molecule has 3 rings (SSSR count). The van der Waals surface area contributed by atoms with Gasteiger partial charge in [-0.25, -0.2) is 0 Å². The van der Waals surface area contributed by atoms with Crippen molar-refractivity contribution in [1.29, 1.82) is 0 Å². The predicted octanol–water partition coefficient (Wildman–Crippen LogP) is 5.51. The highest BCUT2D eigenvalue weighted by Crippen LogP contribution is 2.36. The minimum atomic E-state index is 0.704. The summed E-state index contributed by atoms with van der Waals surface area (Å²) in [5.41, 5.74) is 1.27. The molecule has 1 aliphatic carbocycles. The van der Waals surface area contributed by atoms with E-state index in [1.165, 1.54) is 28.2 Å². The van der Waals surface area contributed by atoms with Gasteiger partial charge in [0.15, 0.2) is 0 Å². The standard InChI is InChI=1S/C16H15BrClNS/c17-14-3-1-2-4-16(14)20-15-8-5-12(18)9-11(15)10-19-13-6-7-13/h1-5,8-9,13,19H,6-7,10H2. The van der Waals surface area contributed by atoms with Gasteiger partial charge in [0.2, 0.25) is 0 Å². The van der Waals surface area contributed by atoms with Gasteiger partial charge in [-0.3, -0.25) is 0 Å². The van der Waals surface area contributed by atoms with Crippen molar-refractivity contribution in [3.63, 3.8) is 0 Å². The Morgan fingerprint density at radius 2 is 1.95 bits per heavy atom. The third-order valence-corrected chi connectivity index (χ3v) is 5.62. The lowest BCUT2D eigenvalue weighted by molar-refractivity contribution is 0.680. The van der Waals surface area contributed by atoms with Crippen molar-refractivity contribution >= 4 is 39.3 Å². The summed E-state index contributed by atoms with van der Waals surface area (Å²) >= 11 is 11.5. The van der Waals surface area contributed by atoms with E-state index < -0.39 is 0 Å². The Balaban J connectivity index is 1.82. The van der Waals surface area contributed by atoms with Crippen LogP contribution >= 0.6 is 39.3 Å². The Morgan fingerprint density at radius 3 is 2.70 bits per heavy atom. The van der Waals surface area contributed by atoms with Crippen molar-refractivity contribution in [1.82, 2.24) is 5.32 Å². The van der Waals surface area contributed by atoms with Crippen LogP contribution < -0.4 is 5.32 Å². The summed E-state index contributed by atoms with van der Waals surface area (Å²) in [4.78, 5) is 2.48. The summed E-state index contributed by atoms with van der Waals surface area (Å²) in [5, 5.41) is 4.36. The second kappa shape index (κ2) is 6.52. The molecule has 0 aliphatic heterocycles. The van der Waals surface area contributed by atoms with Gasteiger partial charge in [-0.15, -0.1) is 0 Å². The number of hydrogen-bond donors (Lipinski definition) is 1. The molecule has 2 aromatic carbocycles. The molecule has 0 spiro atoms. The van der Waals surface area contributed by atoms with E-state index in [9.17, 15) is 0 Å². The lowest BCUT2D eigenvalue weighted by Gasteiger charge is -2.11. The van der Waals surface area contributed by atoms with Crippen LogP contribution in [0.1, 0.15) is 18.4 Å². The fourth-order valence-corrected chi connectivity index (χ4v) is 3.64. The Bertz CT molecular complexity index is 613. The number of hydrogen-bond acceptors (Lipinski definition) is 2. The minimum absolute atomic E-state index is 0.704. The first-order valence-corrected chi connectivity index (χ1v) is 8.65. The lowest BCUT2D eigenvalue weighted by Crippen LogP contribution is -2.15. The van der Waals surface area contributed by atoms with Crippen LogP contribution in [0, 0.1) is 0 Å². The van der Waals surface area contributed by atoms with Crippen LogP contribution in [0.3, 0.4) is 0 Å². The fraction of sp³-hybridized carbons (Fsp3) is 0.250. The molecule has 0 radical (unpaired) electrons. The van der Waals surface area contributed by atoms with Crippen LogP contribution in [0.2, 0.25) is 5.02 Å². The molecule has 20 heavy (non-hydrogen) atoms. The average molecular weight is 369 g/mol. The maximum absolute atomic E-state index is 6.14. The second-order valence-electron chi connectivity index (χ2n) is 4.94. The van der Waals surface area contributed by atoms with Crippen LogP contribution in [0.5, 0.6) is 0 Å². The first kappa shape index (κ1) is 14.5. The van der Waals surface area contributed by atoms with Gasteiger partial charge in [-0.2, -0.15) is 0 Å². The van der Waals surface area contributed by atoms with Crippen LogP contribution in [0.25, 0.3) is 0 Å². The number of benzene rings is 2. The monoisotopic (exact) mass is 367 g/mol. The highest BCUT2D eigenvalue weighted by molar-refractivity contribution is 9.10. The number of nitrogens with one attached hydrogen (secondary N) is 1. The smallest absolute Gasteiger partial charge is 0.0410 e. The zero-order chi connectivity index (χ0) is 13.9. The van der Waals surface area contributed by atoms with Gasteiger partial charge in [0, 0.05) is 31.9 Å². The molecule has 0 atom stereocenters. The molecule has 1 fully saturated rings. The summed E-state index contributed by atoms with van der Waals surface area (Å²) in [7, 11) is 0. The summed E-state index contributed by atoms with van der Waals surface area (Å²) in [6, 6.07) is 15.1. The van der Waals surface area contributed by atoms with E-state index in [-0.39, 0.29) is 0 Å². The Morgan fingerprint density at radius 1 is 1.15 bits per heavy atom. The van der Waals surface area contributed by atoms with Gasteiger partial charge in [0.25, 0.3) is 0 Å². The maximum Gasteiger partial charge on any atom is 0.0410 e. The van der Waals surface area contributed by atoms with Crippen molar-refractivity contribution in [2.45, 2.75) is 35.2 Å². The van der Waals surface area contributed by atoms with Crippen LogP contribution in [0.4, 0.5) is 0 Å². The van der Waals surface area contributed by atoms with Crippen molar-refractivity contribution in [2.24, 2.45) is 0 Å². The first-order valence-electron chi connectivity index (χ1n) is 6.66. The van der Waals surface area contributed by atoms with Crippen LogP contribution in [-0.4, -0.2) is 6.04 Å². The Kier molecular flexibility index (Phi) is 4.72. The van der Waals surface area contributed by atoms with Gasteiger partial charge < -0.3 is 5.32 Å². The van der Waals surface area contributed by atoms with Gasteiger partial charge in [-0.1, -0.05) is 35.5 Å². The third-order valence-electron chi connectivity index (χ3n) is 3.24. The minimum Gasteiger partial charge on any atom is -0.310 e. The number of rotatable bonds is 5. The SMILES string of the molecule is Clc1ccc(Sc2ccccc2Br)c(CNC2CC2)c1. The van der Waals surface area contributed by atoms with Gasteiger partial charge in [-0.05, 0) is 64.7 Å². The van der Waals surface area contributed by atoms with E-state index in [4.69, 9.17) is 11.6 Å². The topological polar surface area (TPSA) is 12.0 Å². The van der Waals surface area contributed by atoms with Crippen LogP contribution in [-0.2, 0) is 6.54 Å². The molecule has 0 bridgehead atoms. The van der Waals surface area contributed by atoms with E-state index in [0.29, 0.717) is 6.04 Å². The molecule has 104 valence electrons. The maximum atomic E-state index is 6.14. The summed E-state index contributed by atoms with van der Waals surface area (Å²) < 4.78 is 1.13. The molecule has 0 unspecified atom stereocenters. The molecular formula is C16H15BrClNS. The summed E-state index contributed by atoms with van der Waals surface area (Å²) in [5.74, 6) is 0. The zero-order valence-corrected chi connectivity index (χ0v) is 14.1. The highest BCUT2D eigenvalue weighted by Gasteiger charge is 2.20. The molecule has 2 aromatic rings. The lowest BCUT2D eigenvalue weighted by atomic mass is 10.2. The van der Waals surface area contributed by atoms with Crippen LogP contribution in [0.15, 0.2) is 56.7 Å². The van der Waals surface area contributed by atoms with Gasteiger partial charge in [0.05, 0.1) is 0 Å². The fourth-order valence-electron chi connectivity index (χ4n) is 1.97. The van der Waals surface area contributed by atoms with E-state index in [1.807, 2.05) is 12.1 Å². The molecule has 0 amide bonds. The van der Waals surface area contributed by atoms with E-state index in [2.05, 4.69) is 51.6 Å². The molecular weight excluding hydrogens is 354 g/mol. The van der Waals surface area contributed by atoms with Crippen molar-refractivity contribution < 1.29 is 0 Å². The quantitative estimate of drug-likeness (QED) is 0.747. The third kappa shape index (κ3) is 3.79. The van der Waals surface area contributed by atoms with Crippen molar-refractivity contribution in [2.75, 3.05) is 0 Å². The molecule has 0 saturated heterocycles. The van der Waals surface area contributed by atoms with Gasteiger partial charge >= 0.3 is 0 Å². The molecule has 1 N–H and O–H groups in total. The van der Waals surface area contributed by atoms with E-state index >= 15 is 0 Å². The van der Waals surface area contributed by atoms with Crippen molar-refractivity contribution in [3.05, 3.63) is 57.5 Å². The Labute approximate surface area is 137 Å². The second-order valence-corrected chi connectivity index (χ2v) is 7.31. The number of halogens is 2. The van der Waals surface area contributed by atoms with Crippen molar-refractivity contribution in [3.8, 4) is 0 Å². The largest absolute Gasteiger partial charge is 0.310 e. The Hall–Kier alpha value is -0.480. The predicted molar refractivity (Wildman–Crippen MR) is 89.6 cm³/mol. The summed E-state index contributed by atoms with van der Waals surface area (Å²) in [6.07, 6.45) is 2.60. The molecule has 1 nitrogen and oxygen atoms in total. The van der Waals surface area contributed by atoms with E-state index in [1.54, 1.807) is 11.8 Å². The highest BCUT2D eigenvalue weighted by atomic mass is 79.9. The van der Waals surface area contributed by atoms with E-state index in [0.717, 1.165) is 16.0 Å². The molecule has 0 aromatic heterocycles. The zero-order valence-electron chi connectivity index (χ0n) is 10.9. The summed E-state index contributed by atoms with van der Waals surface area (Å²) in [6.45, 7) is 0.887. The molecule has 1 saturated carbocycles. The van der Waals surface area contributed by atoms with Gasteiger partial charge in [0.1, 0.15) is 0 Å².